The molecule has 17 heavy (non-hydrogen) atoms. The summed E-state index contributed by atoms with van der Waals surface area (Å²) < 4.78 is 1.41. The number of aromatic nitrogens is 1. The molecule has 6 heteroatoms. The molecule has 0 saturated heterocycles. The van der Waals surface area contributed by atoms with Gasteiger partial charge < -0.3 is 10.2 Å². The SMILES string of the molecule is CCCn1c(=O)c(C(=O)O)c(O)c2ccsc21. The van der Waals surface area contributed by atoms with E-state index in [-0.39, 0.29) is 0 Å². The van der Waals surface area contributed by atoms with Gasteiger partial charge in [0.15, 0.2) is 5.56 Å². The predicted molar refractivity (Wildman–Crippen MR) is 65.0 cm³/mol. The molecule has 0 radical (unpaired) electrons. The first-order valence-corrected chi connectivity index (χ1v) is 6.02. The first kappa shape index (κ1) is 11.7. The average molecular weight is 253 g/mol. The fourth-order valence-electron chi connectivity index (χ4n) is 1.77. The van der Waals surface area contributed by atoms with Crippen LogP contribution in [0, 0.1) is 0 Å². The highest BCUT2D eigenvalue weighted by atomic mass is 32.1. The van der Waals surface area contributed by atoms with E-state index in [2.05, 4.69) is 0 Å². The molecule has 0 bridgehead atoms. The number of thiophene rings is 1. The molecule has 2 aromatic rings. The largest absolute Gasteiger partial charge is 0.506 e. The summed E-state index contributed by atoms with van der Waals surface area (Å²) >= 11 is 1.31. The minimum atomic E-state index is -1.40. The van der Waals surface area contributed by atoms with Crippen molar-refractivity contribution in [3.05, 3.63) is 27.4 Å². The molecule has 0 aliphatic heterocycles. The van der Waals surface area contributed by atoms with Crippen molar-refractivity contribution in [2.45, 2.75) is 19.9 Å². The summed E-state index contributed by atoms with van der Waals surface area (Å²) in [6, 6.07) is 1.62. The molecular weight excluding hydrogens is 242 g/mol. The Bertz CT molecular complexity index is 641. The third kappa shape index (κ3) is 1.70. The summed E-state index contributed by atoms with van der Waals surface area (Å²) in [6.45, 7) is 2.34. The van der Waals surface area contributed by atoms with Crippen molar-refractivity contribution >= 4 is 27.5 Å². The normalized spacial score (nSPS) is 10.9. The summed E-state index contributed by atoms with van der Waals surface area (Å²) in [5.41, 5.74) is -1.20. The van der Waals surface area contributed by atoms with Crippen molar-refractivity contribution in [2.75, 3.05) is 0 Å². The van der Waals surface area contributed by atoms with Gasteiger partial charge in [0.05, 0.1) is 5.39 Å². The zero-order valence-corrected chi connectivity index (χ0v) is 9.95. The molecule has 0 atom stereocenters. The standard InChI is InChI=1S/C11H11NO4S/c1-2-4-12-9(14)7(11(15)16)8(13)6-3-5-17-10(6)12/h3,5,13H,2,4H2,1H3,(H,15,16). The fraction of sp³-hybridized carbons (Fsp3) is 0.273. The van der Waals surface area contributed by atoms with Gasteiger partial charge >= 0.3 is 5.97 Å². The fourth-order valence-corrected chi connectivity index (χ4v) is 2.70. The highest BCUT2D eigenvalue weighted by Crippen LogP contribution is 2.30. The van der Waals surface area contributed by atoms with Crippen molar-refractivity contribution in [3.8, 4) is 5.75 Å². The Balaban J connectivity index is 2.92. The lowest BCUT2D eigenvalue weighted by molar-refractivity contribution is 0.0691. The highest BCUT2D eigenvalue weighted by Gasteiger charge is 2.21. The maximum Gasteiger partial charge on any atom is 0.345 e. The summed E-state index contributed by atoms with van der Waals surface area (Å²) in [5.74, 6) is -1.84. The van der Waals surface area contributed by atoms with Crippen LogP contribution in [-0.4, -0.2) is 20.7 Å². The van der Waals surface area contributed by atoms with E-state index in [1.54, 1.807) is 11.4 Å². The number of aromatic carboxylic acids is 1. The molecule has 0 unspecified atom stereocenters. The van der Waals surface area contributed by atoms with Gasteiger partial charge in [-0.1, -0.05) is 6.92 Å². The molecule has 2 heterocycles. The lowest BCUT2D eigenvalue weighted by Gasteiger charge is -2.09. The van der Waals surface area contributed by atoms with Crippen molar-refractivity contribution in [2.24, 2.45) is 0 Å². The molecule has 0 saturated carbocycles. The van der Waals surface area contributed by atoms with Gasteiger partial charge in [0.1, 0.15) is 10.6 Å². The molecule has 90 valence electrons. The van der Waals surface area contributed by atoms with Crippen molar-refractivity contribution in [1.29, 1.82) is 0 Å². The van der Waals surface area contributed by atoms with Crippen molar-refractivity contribution in [3.63, 3.8) is 0 Å². The Morgan fingerprint density at radius 1 is 1.53 bits per heavy atom. The molecule has 0 aromatic carbocycles. The number of fused-ring (bicyclic) bond motifs is 1. The zero-order chi connectivity index (χ0) is 12.6. The van der Waals surface area contributed by atoms with Gasteiger partial charge in [-0.3, -0.25) is 9.36 Å². The average Bonchev–Trinajstić information content (AvgIpc) is 2.72. The van der Waals surface area contributed by atoms with Crippen LogP contribution < -0.4 is 5.56 Å². The minimum Gasteiger partial charge on any atom is -0.506 e. The van der Waals surface area contributed by atoms with Gasteiger partial charge in [-0.05, 0) is 17.9 Å². The van der Waals surface area contributed by atoms with E-state index in [0.717, 1.165) is 6.42 Å². The Kier molecular flexibility index (Phi) is 2.89. The monoisotopic (exact) mass is 253 g/mol. The Hall–Kier alpha value is -1.82. The topological polar surface area (TPSA) is 79.5 Å². The molecule has 2 rings (SSSR count). The third-order valence-electron chi connectivity index (χ3n) is 2.50. The summed E-state index contributed by atoms with van der Waals surface area (Å²) in [7, 11) is 0. The highest BCUT2D eigenvalue weighted by molar-refractivity contribution is 7.16. The molecule has 2 N–H and O–H groups in total. The van der Waals surface area contributed by atoms with E-state index >= 15 is 0 Å². The van der Waals surface area contributed by atoms with Crippen LogP contribution in [0.1, 0.15) is 23.7 Å². The molecule has 0 fully saturated rings. The number of rotatable bonds is 3. The lowest BCUT2D eigenvalue weighted by Crippen LogP contribution is -2.26. The maximum absolute atomic E-state index is 12.0. The van der Waals surface area contributed by atoms with Crippen LogP contribution in [0.5, 0.6) is 5.75 Å². The number of aryl methyl sites for hydroxylation is 1. The van der Waals surface area contributed by atoms with E-state index in [4.69, 9.17) is 5.11 Å². The molecule has 0 aliphatic rings. The number of hydrogen-bond acceptors (Lipinski definition) is 4. The molecule has 2 aromatic heterocycles. The molecule has 0 spiro atoms. The van der Waals surface area contributed by atoms with Gasteiger partial charge in [-0.25, -0.2) is 4.79 Å². The summed E-state index contributed by atoms with van der Waals surface area (Å²) in [6.07, 6.45) is 0.719. The van der Waals surface area contributed by atoms with Crippen LogP contribution in [0.15, 0.2) is 16.2 Å². The smallest absolute Gasteiger partial charge is 0.345 e. The number of pyridine rings is 1. The molecule has 0 amide bonds. The van der Waals surface area contributed by atoms with E-state index in [1.807, 2.05) is 6.92 Å². The Morgan fingerprint density at radius 3 is 2.82 bits per heavy atom. The van der Waals surface area contributed by atoms with Gasteiger partial charge in [0.2, 0.25) is 0 Å². The van der Waals surface area contributed by atoms with Crippen LogP contribution >= 0.6 is 11.3 Å². The van der Waals surface area contributed by atoms with Crippen LogP contribution in [0.25, 0.3) is 10.2 Å². The van der Waals surface area contributed by atoms with E-state index in [0.29, 0.717) is 16.8 Å². The van der Waals surface area contributed by atoms with Crippen LogP contribution in [0.2, 0.25) is 0 Å². The maximum atomic E-state index is 12.0. The van der Waals surface area contributed by atoms with E-state index in [1.165, 1.54) is 15.9 Å². The van der Waals surface area contributed by atoms with Crippen molar-refractivity contribution in [1.82, 2.24) is 4.57 Å². The second kappa shape index (κ2) is 4.21. The second-order valence-electron chi connectivity index (χ2n) is 3.62. The number of aromatic hydroxyl groups is 1. The number of carbonyl (C=O) groups is 1. The minimum absolute atomic E-state index is 0.417. The second-order valence-corrected chi connectivity index (χ2v) is 4.52. The zero-order valence-electron chi connectivity index (χ0n) is 9.14. The molecule has 5 nitrogen and oxygen atoms in total. The summed E-state index contributed by atoms with van der Waals surface area (Å²) in [4.78, 5) is 23.6. The van der Waals surface area contributed by atoms with Crippen molar-refractivity contribution < 1.29 is 15.0 Å². The van der Waals surface area contributed by atoms with Crippen LogP contribution in [0.4, 0.5) is 0 Å². The van der Waals surface area contributed by atoms with E-state index < -0.39 is 22.8 Å². The number of carboxylic acid groups (broad SMARTS) is 1. The predicted octanol–water partition coefficient (Wildman–Crippen LogP) is 1.88. The molecular formula is C11H11NO4S. The number of hydrogen-bond donors (Lipinski definition) is 2. The van der Waals surface area contributed by atoms with Crippen LogP contribution in [-0.2, 0) is 6.54 Å². The van der Waals surface area contributed by atoms with Gasteiger partial charge in [0.25, 0.3) is 5.56 Å². The van der Waals surface area contributed by atoms with Gasteiger partial charge in [-0.2, -0.15) is 0 Å². The first-order valence-electron chi connectivity index (χ1n) is 5.14. The summed E-state index contributed by atoms with van der Waals surface area (Å²) in [5, 5.41) is 20.9. The van der Waals surface area contributed by atoms with E-state index in [9.17, 15) is 14.7 Å². The van der Waals surface area contributed by atoms with Gasteiger partial charge in [0, 0.05) is 6.54 Å². The lowest BCUT2D eigenvalue weighted by atomic mass is 10.2. The Labute approximate surface area is 101 Å². The molecule has 0 aliphatic carbocycles. The number of nitrogens with zero attached hydrogens (tertiary/aromatic N) is 1. The quantitative estimate of drug-likeness (QED) is 0.875. The number of carboxylic acids is 1. The first-order chi connectivity index (χ1) is 8.07. The third-order valence-corrected chi connectivity index (χ3v) is 3.44. The van der Waals surface area contributed by atoms with Gasteiger partial charge in [-0.15, -0.1) is 11.3 Å². The van der Waals surface area contributed by atoms with Crippen LogP contribution in [0.3, 0.4) is 0 Å². The Morgan fingerprint density at radius 2 is 2.24 bits per heavy atom.